The number of nitrogens with one attached hydrogen (secondary N) is 2. The summed E-state index contributed by atoms with van der Waals surface area (Å²) in [7, 11) is 0. The molecule has 0 aromatic rings. The van der Waals surface area contributed by atoms with Gasteiger partial charge in [-0.2, -0.15) is 0 Å². The molecule has 16 nitrogen and oxygen atoms in total. The molecule has 0 saturated heterocycles. The molecule has 0 unspecified atom stereocenters. The van der Waals surface area contributed by atoms with Gasteiger partial charge >= 0.3 is 0 Å². The SMILES string of the molecule is CC(=O)O.CC(=O)O.CC(=O)O.CC(=O)O.CC(=O)O.CC(=O)O.NCCNCCNCCN.[Na].[Na].[Na].[Na].[Na].[Na]. The van der Waals surface area contributed by atoms with Crippen LogP contribution in [0.1, 0.15) is 41.5 Å². The van der Waals surface area contributed by atoms with Crippen LogP contribution >= 0.6 is 0 Å². The molecule has 0 spiro atoms. The second-order valence-corrected chi connectivity index (χ2v) is 5.19. The zero-order valence-corrected chi connectivity index (χ0v) is 38.5. The van der Waals surface area contributed by atoms with E-state index in [2.05, 4.69) is 10.6 Å². The van der Waals surface area contributed by atoms with E-state index in [1.165, 1.54) is 0 Å². The van der Waals surface area contributed by atoms with Crippen molar-refractivity contribution in [2.24, 2.45) is 11.5 Å². The summed E-state index contributed by atoms with van der Waals surface area (Å²) in [6, 6.07) is 0. The third kappa shape index (κ3) is 685. The molecule has 6 radical (unpaired) electrons. The summed E-state index contributed by atoms with van der Waals surface area (Å²) >= 11 is 0. The summed E-state index contributed by atoms with van der Waals surface area (Å²) < 4.78 is 0. The molecule has 40 heavy (non-hydrogen) atoms. The minimum atomic E-state index is -0.833. The first-order valence-electron chi connectivity index (χ1n) is 9.30. The van der Waals surface area contributed by atoms with Crippen molar-refractivity contribution >= 4 is 213 Å². The number of aliphatic carboxylic acids is 6. The summed E-state index contributed by atoms with van der Waals surface area (Å²) in [6.07, 6.45) is 0. The largest absolute Gasteiger partial charge is 0.481 e. The second-order valence-electron chi connectivity index (χ2n) is 5.19. The zero-order valence-electron chi connectivity index (χ0n) is 26.5. The second kappa shape index (κ2) is 83.8. The Morgan fingerprint density at radius 3 is 0.575 bits per heavy atom. The van der Waals surface area contributed by atoms with Crippen molar-refractivity contribution in [3.63, 3.8) is 0 Å². The van der Waals surface area contributed by atoms with Crippen LogP contribution in [-0.4, -0.2) is 283 Å². The van der Waals surface area contributed by atoms with E-state index in [1.54, 1.807) is 0 Å². The van der Waals surface area contributed by atoms with Crippen molar-refractivity contribution in [1.29, 1.82) is 0 Å². The summed E-state index contributed by atoms with van der Waals surface area (Å²) in [5.41, 5.74) is 10.5. The fourth-order valence-electron chi connectivity index (χ4n) is 0.631. The van der Waals surface area contributed by atoms with Gasteiger partial charge in [0.05, 0.1) is 0 Å². The number of carboxylic acid groups (broad SMARTS) is 6. The van der Waals surface area contributed by atoms with Crippen LogP contribution in [0.4, 0.5) is 0 Å². The minimum absolute atomic E-state index is 0. The van der Waals surface area contributed by atoms with Crippen LogP contribution in [0, 0.1) is 0 Å². The molecule has 0 rings (SSSR count). The van der Waals surface area contributed by atoms with Gasteiger partial charge in [-0.3, -0.25) is 28.8 Å². The Hall–Kier alpha value is 2.66. The summed E-state index contributed by atoms with van der Waals surface area (Å²) in [5, 5.41) is 50.8. The van der Waals surface area contributed by atoms with Gasteiger partial charge in [-0.25, -0.2) is 0 Å². The van der Waals surface area contributed by atoms with Crippen LogP contribution in [-0.2, 0) is 28.8 Å². The van der Waals surface area contributed by atoms with Gasteiger partial charge < -0.3 is 52.7 Å². The van der Waals surface area contributed by atoms with E-state index < -0.39 is 35.8 Å². The predicted molar refractivity (Wildman–Crippen MR) is 158 cm³/mol. The third-order valence-corrected chi connectivity index (χ3v) is 1.12. The number of hydrogen-bond acceptors (Lipinski definition) is 10. The Morgan fingerprint density at radius 2 is 0.500 bits per heavy atom. The minimum Gasteiger partial charge on any atom is -0.481 e. The van der Waals surface area contributed by atoms with Gasteiger partial charge in [0.2, 0.25) is 0 Å². The van der Waals surface area contributed by atoms with E-state index in [9.17, 15) is 0 Å². The number of carboxylic acids is 6. The fraction of sp³-hybridized carbons (Fsp3) is 0.667. The van der Waals surface area contributed by atoms with E-state index in [0.717, 1.165) is 67.7 Å². The number of rotatable bonds is 7. The summed E-state index contributed by atoms with van der Waals surface area (Å²) in [5.74, 6) is -5.00. The van der Waals surface area contributed by atoms with Gasteiger partial charge in [-0.15, -0.1) is 0 Å². The first-order chi connectivity index (χ1) is 15.3. The first-order valence-corrected chi connectivity index (χ1v) is 9.30. The van der Waals surface area contributed by atoms with Crippen LogP contribution in [0.2, 0.25) is 0 Å². The van der Waals surface area contributed by atoms with E-state index in [-0.39, 0.29) is 177 Å². The predicted octanol–water partition coefficient (Wildman–Crippen LogP) is -3.66. The quantitative estimate of drug-likeness (QED) is 0.0943. The van der Waals surface area contributed by atoms with Crippen molar-refractivity contribution in [2.45, 2.75) is 41.5 Å². The standard InChI is InChI=1S/C6H18N4.6C2H4O2.6Na/c7-1-3-9-5-6-10-4-2-8;6*1-2(3)4;;;;;;/h9-10H,1-8H2;6*1H3,(H,3,4);;;;;;. The van der Waals surface area contributed by atoms with Crippen molar-refractivity contribution in [1.82, 2.24) is 10.6 Å². The van der Waals surface area contributed by atoms with Crippen LogP contribution in [0.15, 0.2) is 0 Å². The van der Waals surface area contributed by atoms with Gasteiger partial charge in [0.1, 0.15) is 0 Å². The molecule has 0 aliphatic carbocycles. The number of nitrogens with two attached hydrogens (primary N) is 2. The molecule has 0 aromatic carbocycles. The van der Waals surface area contributed by atoms with E-state index in [4.69, 9.17) is 70.9 Å². The molecule has 0 heterocycles. The Balaban J connectivity index is -0.0000000196. The van der Waals surface area contributed by atoms with E-state index in [1.807, 2.05) is 0 Å². The van der Waals surface area contributed by atoms with Crippen LogP contribution in [0.25, 0.3) is 0 Å². The molecular weight excluding hydrogens is 602 g/mol. The van der Waals surface area contributed by atoms with Crippen LogP contribution < -0.4 is 22.1 Å². The molecular formula is C18H42N4Na6O12. The van der Waals surface area contributed by atoms with Gasteiger partial charge in [0, 0.05) is 258 Å². The van der Waals surface area contributed by atoms with Gasteiger partial charge in [-0.05, 0) is 0 Å². The number of hydrogen-bond donors (Lipinski definition) is 10. The van der Waals surface area contributed by atoms with Gasteiger partial charge in [0.15, 0.2) is 0 Å². The number of carbonyl (C=O) groups is 6. The third-order valence-electron chi connectivity index (χ3n) is 1.12. The molecule has 12 N–H and O–H groups in total. The molecule has 0 atom stereocenters. The molecule has 0 aliphatic rings. The summed E-state index contributed by atoms with van der Waals surface area (Å²) in [6.45, 7) is 11.6. The van der Waals surface area contributed by atoms with Crippen LogP contribution in [0.5, 0.6) is 0 Å². The van der Waals surface area contributed by atoms with E-state index >= 15 is 0 Å². The molecule has 0 fully saturated rings. The van der Waals surface area contributed by atoms with Gasteiger partial charge in [0.25, 0.3) is 35.8 Å². The van der Waals surface area contributed by atoms with Crippen molar-refractivity contribution < 1.29 is 59.4 Å². The summed E-state index contributed by atoms with van der Waals surface area (Å²) in [4.78, 5) is 54.0. The molecule has 0 bridgehead atoms. The maximum Gasteiger partial charge on any atom is 0.300 e. The maximum atomic E-state index is 9.00. The van der Waals surface area contributed by atoms with Crippen molar-refractivity contribution in [2.75, 3.05) is 39.3 Å². The fourth-order valence-corrected chi connectivity index (χ4v) is 0.631. The monoisotopic (exact) mass is 644 g/mol. The Morgan fingerprint density at radius 1 is 0.400 bits per heavy atom. The Bertz CT molecular complexity index is 403. The molecule has 0 amide bonds. The van der Waals surface area contributed by atoms with Crippen molar-refractivity contribution in [3.05, 3.63) is 0 Å². The van der Waals surface area contributed by atoms with Crippen LogP contribution in [0.3, 0.4) is 0 Å². The smallest absolute Gasteiger partial charge is 0.300 e. The normalized spacial score (nSPS) is 6.30. The average Bonchev–Trinajstić information content (AvgIpc) is 2.55. The first kappa shape index (κ1) is 84.2. The van der Waals surface area contributed by atoms with Gasteiger partial charge in [-0.1, -0.05) is 0 Å². The molecule has 22 heteroatoms. The Labute approximate surface area is 369 Å². The molecule has 0 aliphatic heterocycles. The van der Waals surface area contributed by atoms with Crippen molar-refractivity contribution in [3.8, 4) is 0 Å². The zero-order chi connectivity index (χ0) is 29.1. The molecule has 0 saturated carbocycles. The topological polar surface area (TPSA) is 300 Å². The van der Waals surface area contributed by atoms with E-state index in [0.29, 0.717) is 13.1 Å². The average molecular weight is 644 g/mol. The Kier molecular flexibility index (Phi) is 176. The molecule has 212 valence electrons. The maximum absolute atomic E-state index is 9.00. The molecule has 0 aromatic heterocycles.